The van der Waals surface area contributed by atoms with Crippen LogP contribution in [0, 0.1) is 12.7 Å². The highest BCUT2D eigenvalue weighted by Crippen LogP contribution is 2.27. The molecule has 1 fully saturated rings. The first-order valence-corrected chi connectivity index (χ1v) is 8.41. The van der Waals surface area contributed by atoms with Crippen molar-refractivity contribution in [2.24, 2.45) is 0 Å². The topological polar surface area (TPSA) is 66.9 Å². The summed E-state index contributed by atoms with van der Waals surface area (Å²) in [7, 11) is 1.45. The molecule has 0 bridgehead atoms. The SMILES string of the molecule is COc1ccc(C)cc1C(=O)CN1C(=O)C(C)N(c2ccc(F)cc2)C1=O. The van der Waals surface area contributed by atoms with Crippen molar-refractivity contribution in [3.05, 3.63) is 59.4 Å². The number of anilines is 1. The summed E-state index contributed by atoms with van der Waals surface area (Å²) in [5.74, 6) is -0.939. The second-order valence-electron chi connectivity index (χ2n) is 6.36. The van der Waals surface area contributed by atoms with E-state index >= 15 is 0 Å². The summed E-state index contributed by atoms with van der Waals surface area (Å²) in [6, 6.07) is 9.01. The van der Waals surface area contributed by atoms with Crippen molar-refractivity contribution in [3.63, 3.8) is 0 Å². The summed E-state index contributed by atoms with van der Waals surface area (Å²) in [6.07, 6.45) is 0. The summed E-state index contributed by atoms with van der Waals surface area (Å²) < 4.78 is 18.4. The van der Waals surface area contributed by atoms with Crippen LogP contribution in [0.25, 0.3) is 0 Å². The third-order valence-corrected chi connectivity index (χ3v) is 4.51. The maximum Gasteiger partial charge on any atom is 0.332 e. The molecule has 1 aliphatic rings. The zero-order valence-electron chi connectivity index (χ0n) is 15.2. The van der Waals surface area contributed by atoms with E-state index in [4.69, 9.17) is 4.74 Å². The summed E-state index contributed by atoms with van der Waals surface area (Å²) >= 11 is 0. The molecule has 7 heteroatoms. The van der Waals surface area contributed by atoms with Crippen molar-refractivity contribution in [3.8, 4) is 5.75 Å². The van der Waals surface area contributed by atoms with Gasteiger partial charge in [-0.25, -0.2) is 9.18 Å². The lowest BCUT2D eigenvalue weighted by Gasteiger charge is -2.19. The van der Waals surface area contributed by atoms with Crippen LogP contribution in [0.4, 0.5) is 14.9 Å². The zero-order chi connectivity index (χ0) is 19.7. The lowest BCUT2D eigenvalue weighted by atomic mass is 10.1. The second-order valence-corrected chi connectivity index (χ2v) is 6.36. The fourth-order valence-corrected chi connectivity index (χ4v) is 3.08. The predicted molar refractivity (Wildman–Crippen MR) is 97.5 cm³/mol. The molecule has 0 spiro atoms. The number of methoxy groups -OCH3 is 1. The van der Waals surface area contributed by atoms with Gasteiger partial charge in [0.2, 0.25) is 0 Å². The number of halogens is 1. The average Bonchev–Trinajstić information content (AvgIpc) is 2.86. The molecular formula is C20H19FN2O4. The minimum Gasteiger partial charge on any atom is -0.496 e. The number of Topliss-reactive ketones (excluding diaryl/α,β-unsaturated/α-hetero) is 1. The van der Waals surface area contributed by atoms with Gasteiger partial charge in [-0.05, 0) is 50.2 Å². The fourth-order valence-electron chi connectivity index (χ4n) is 3.08. The van der Waals surface area contributed by atoms with Gasteiger partial charge in [0.05, 0.1) is 19.2 Å². The van der Waals surface area contributed by atoms with Crippen LogP contribution >= 0.6 is 0 Å². The first-order valence-electron chi connectivity index (χ1n) is 8.41. The first kappa shape index (κ1) is 18.6. The summed E-state index contributed by atoms with van der Waals surface area (Å²) in [6.45, 7) is 3.02. The van der Waals surface area contributed by atoms with Gasteiger partial charge < -0.3 is 4.74 Å². The molecule has 0 aromatic heterocycles. The van der Waals surface area contributed by atoms with Crippen molar-refractivity contribution in [2.75, 3.05) is 18.6 Å². The third-order valence-electron chi connectivity index (χ3n) is 4.51. The number of carbonyl (C=O) groups is 3. The number of aryl methyl sites for hydroxylation is 1. The predicted octanol–water partition coefficient (Wildman–Crippen LogP) is 3.18. The third kappa shape index (κ3) is 3.40. The Labute approximate surface area is 156 Å². The number of ether oxygens (including phenoxy) is 1. The monoisotopic (exact) mass is 370 g/mol. The van der Waals surface area contributed by atoms with Gasteiger partial charge in [0.1, 0.15) is 17.6 Å². The van der Waals surface area contributed by atoms with Crippen molar-refractivity contribution in [1.82, 2.24) is 4.90 Å². The van der Waals surface area contributed by atoms with Crippen molar-refractivity contribution < 1.29 is 23.5 Å². The van der Waals surface area contributed by atoms with Crippen LogP contribution < -0.4 is 9.64 Å². The molecule has 1 heterocycles. The van der Waals surface area contributed by atoms with Crippen LogP contribution in [0.5, 0.6) is 5.75 Å². The Morgan fingerprint density at radius 1 is 1.15 bits per heavy atom. The molecule has 1 aliphatic heterocycles. The first-order chi connectivity index (χ1) is 12.8. The van der Waals surface area contributed by atoms with Gasteiger partial charge in [0.15, 0.2) is 5.78 Å². The number of urea groups is 1. The molecule has 0 N–H and O–H groups in total. The van der Waals surface area contributed by atoms with E-state index in [1.807, 2.05) is 6.92 Å². The minimum atomic E-state index is -0.782. The van der Waals surface area contributed by atoms with E-state index in [1.165, 1.54) is 36.3 Å². The van der Waals surface area contributed by atoms with E-state index in [2.05, 4.69) is 0 Å². The van der Waals surface area contributed by atoms with Crippen LogP contribution in [0.3, 0.4) is 0 Å². The number of amides is 3. The maximum atomic E-state index is 13.1. The van der Waals surface area contributed by atoms with Gasteiger partial charge >= 0.3 is 6.03 Å². The lowest BCUT2D eigenvalue weighted by Crippen LogP contribution is -2.37. The van der Waals surface area contributed by atoms with Gasteiger partial charge in [0.25, 0.3) is 5.91 Å². The van der Waals surface area contributed by atoms with E-state index in [-0.39, 0.29) is 6.54 Å². The van der Waals surface area contributed by atoms with Crippen LogP contribution in [-0.2, 0) is 4.79 Å². The fraction of sp³-hybridized carbons (Fsp3) is 0.250. The van der Waals surface area contributed by atoms with Crippen LogP contribution in [0.2, 0.25) is 0 Å². The Balaban J connectivity index is 1.86. The molecule has 0 aliphatic carbocycles. The maximum absolute atomic E-state index is 13.1. The number of hydrogen-bond acceptors (Lipinski definition) is 4. The van der Waals surface area contributed by atoms with E-state index in [1.54, 1.807) is 25.1 Å². The number of hydrogen-bond donors (Lipinski definition) is 0. The Hall–Kier alpha value is -3.22. The Morgan fingerprint density at radius 2 is 1.81 bits per heavy atom. The van der Waals surface area contributed by atoms with Crippen LogP contribution in [0.1, 0.15) is 22.8 Å². The quantitative estimate of drug-likeness (QED) is 0.599. The van der Waals surface area contributed by atoms with E-state index in [0.717, 1.165) is 10.5 Å². The lowest BCUT2D eigenvalue weighted by molar-refractivity contribution is -0.126. The summed E-state index contributed by atoms with van der Waals surface area (Å²) in [4.78, 5) is 40.2. The Kier molecular flexibility index (Phi) is 4.94. The standard InChI is InChI=1S/C20H19FN2O4/c1-12-4-9-18(27-3)16(10-12)17(24)11-22-19(25)13(2)23(20(22)26)15-7-5-14(21)6-8-15/h4-10,13H,11H2,1-3H3. The summed E-state index contributed by atoms with van der Waals surface area (Å²) in [5, 5.41) is 0. The molecule has 2 aromatic carbocycles. The van der Waals surface area contributed by atoms with Crippen LogP contribution in [0.15, 0.2) is 42.5 Å². The molecule has 6 nitrogen and oxygen atoms in total. The number of nitrogens with zero attached hydrogens (tertiary/aromatic N) is 2. The Bertz CT molecular complexity index is 911. The molecule has 1 saturated heterocycles. The molecule has 27 heavy (non-hydrogen) atoms. The zero-order valence-corrected chi connectivity index (χ0v) is 15.2. The number of benzene rings is 2. The molecular weight excluding hydrogens is 351 g/mol. The Morgan fingerprint density at radius 3 is 2.44 bits per heavy atom. The summed E-state index contributed by atoms with van der Waals surface area (Å²) in [5.41, 5.74) is 1.57. The molecule has 1 unspecified atom stereocenters. The smallest absolute Gasteiger partial charge is 0.332 e. The second kappa shape index (κ2) is 7.19. The molecule has 3 amide bonds. The molecule has 0 radical (unpaired) electrons. The van der Waals surface area contributed by atoms with E-state index in [9.17, 15) is 18.8 Å². The largest absolute Gasteiger partial charge is 0.496 e. The van der Waals surface area contributed by atoms with Crippen molar-refractivity contribution >= 4 is 23.4 Å². The van der Waals surface area contributed by atoms with E-state index in [0.29, 0.717) is 17.0 Å². The van der Waals surface area contributed by atoms with E-state index < -0.39 is 29.6 Å². The molecule has 0 saturated carbocycles. The highest BCUT2D eigenvalue weighted by atomic mass is 19.1. The molecule has 1 atom stereocenters. The van der Waals surface area contributed by atoms with Crippen molar-refractivity contribution in [1.29, 1.82) is 0 Å². The number of ketones is 1. The van der Waals surface area contributed by atoms with Gasteiger partial charge in [0, 0.05) is 5.69 Å². The van der Waals surface area contributed by atoms with Gasteiger partial charge in [-0.3, -0.25) is 19.4 Å². The van der Waals surface area contributed by atoms with Crippen molar-refractivity contribution in [2.45, 2.75) is 19.9 Å². The number of imide groups is 1. The van der Waals surface area contributed by atoms with Gasteiger partial charge in [-0.2, -0.15) is 0 Å². The number of carbonyl (C=O) groups excluding carboxylic acids is 3. The molecule has 2 aromatic rings. The number of rotatable bonds is 5. The minimum absolute atomic E-state index is 0.311. The molecule has 3 rings (SSSR count). The highest BCUT2D eigenvalue weighted by Gasteiger charge is 2.44. The average molecular weight is 370 g/mol. The normalized spacial score (nSPS) is 16.8. The highest BCUT2D eigenvalue weighted by molar-refractivity contribution is 6.16. The van der Waals surface area contributed by atoms with Gasteiger partial charge in [-0.15, -0.1) is 0 Å². The van der Waals surface area contributed by atoms with Crippen LogP contribution in [-0.4, -0.2) is 42.3 Å². The molecule has 140 valence electrons. The van der Waals surface area contributed by atoms with Gasteiger partial charge in [-0.1, -0.05) is 11.6 Å².